The minimum atomic E-state index is -0.547. The van der Waals surface area contributed by atoms with E-state index >= 15 is 0 Å². The zero-order chi connectivity index (χ0) is 21.3. The van der Waals surface area contributed by atoms with Crippen molar-refractivity contribution in [1.29, 1.82) is 10.5 Å². The van der Waals surface area contributed by atoms with Crippen molar-refractivity contribution in [2.24, 2.45) is 17.5 Å². The molecule has 2 aromatic heterocycles. The third-order valence-corrected chi connectivity index (χ3v) is 4.41. The van der Waals surface area contributed by atoms with Crippen LogP contribution >= 0.6 is 0 Å². The van der Waals surface area contributed by atoms with E-state index in [4.69, 9.17) is 16.4 Å². The van der Waals surface area contributed by atoms with Crippen molar-refractivity contribution in [2.45, 2.75) is 41.5 Å². The highest BCUT2D eigenvalue weighted by Gasteiger charge is 2.10. The SMILES string of the molecule is Cc1c(C#N)nc(NN)c(C)c1C.Cc1c(F)nc(C#N)c(C)c1C.NN. The van der Waals surface area contributed by atoms with Crippen LogP contribution in [-0.2, 0) is 0 Å². The highest BCUT2D eigenvalue weighted by molar-refractivity contribution is 5.53. The molecule has 0 unspecified atom stereocenters. The van der Waals surface area contributed by atoms with Gasteiger partial charge in [0.15, 0.2) is 0 Å². The maximum absolute atomic E-state index is 12.9. The highest BCUT2D eigenvalue weighted by atomic mass is 19.1. The number of pyridine rings is 2. The van der Waals surface area contributed by atoms with E-state index in [9.17, 15) is 4.39 Å². The number of hydrogen-bond donors (Lipinski definition) is 4. The number of rotatable bonds is 1. The van der Waals surface area contributed by atoms with Crippen LogP contribution < -0.4 is 23.0 Å². The van der Waals surface area contributed by atoms with Gasteiger partial charge in [-0.15, -0.1) is 0 Å². The summed E-state index contributed by atoms with van der Waals surface area (Å²) in [6.07, 6.45) is 0. The Bertz CT molecular complexity index is 894. The summed E-state index contributed by atoms with van der Waals surface area (Å²) in [5, 5.41) is 17.4. The third-order valence-electron chi connectivity index (χ3n) is 4.41. The number of nitrogens with zero attached hydrogens (tertiary/aromatic N) is 4. The molecule has 2 rings (SSSR count). The molecule has 0 atom stereocenters. The van der Waals surface area contributed by atoms with E-state index in [2.05, 4.69) is 27.1 Å². The number of hydrazine groups is 2. The lowest BCUT2D eigenvalue weighted by atomic mass is 10.0. The van der Waals surface area contributed by atoms with Gasteiger partial charge < -0.3 is 5.43 Å². The Kier molecular flexibility index (Phi) is 9.54. The molecule has 0 aliphatic rings. The van der Waals surface area contributed by atoms with Crippen molar-refractivity contribution in [3.8, 4) is 12.1 Å². The van der Waals surface area contributed by atoms with Gasteiger partial charge in [-0.2, -0.15) is 14.9 Å². The van der Waals surface area contributed by atoms with E-state index < -0.39 is 5.95 Å². The van der Waals surface area contributed by atoms with Crippen molar-refractivity contribution in [2.75, 3.05) is 5.43 Å². The summed E-state index contributed by atoms with van der Waals surface area (Å²) in [4.78, 5) is 7.60. The topological polar surface area (TPSA) is 163 Å². The standard InChI is InChI=1S/C9H9FN2.C9H12N4.H4N2/c1-5-6(2)8(4-11)12-9(10)7(5)3;1-5-6(2)8(4-10)12-9(13-11)7(5)3;1-2/h1-3H3;11H2,1-3H3,(H,12,13);1-2H2. The maximum atomic E-state index is 12.9. The molecule has 0 saturated heterocycles. The molecule has 144 valence electrons. The van der Waals surface area contributed by atoms with Crippen LogP contribution in [0.3, 0.4) is 0 Å². The summed E-state index contributed by atoms with van der Waals surface area (Å²) in [6, 6.07) is 3.88. The predicted molar refractivity (Wildman–Crippen MR) is 102 cm³/mol. The third kappa shape index (κ3) is 5.43. The number of nitrogens with two attached hydrogens (primary N) is 3. The molecule has 0 spiro atoms. The van der Waals surface area contributed by atoms with E-state index in [0.717, 1.165) is 27.8 Å². The fourth-order valence-electron chi connectivity index (χ4n) is 2.15. The fourth-order valence-corrected chi connectivity index (χ4v) is 2.15. The molecule has 7 N–H and O–H groups in total. The zero-order valence-corrected chi connectivity index (χ0v) is 16.4. The molecule has 9 heteroatoms. The van der Waals surface area contributed by atoms with Gasteiger partial charge in [0.2, 0.25) is 5.95 Å². The van der Waals surface area contributed by atoms with Gasteiger partial charge in [0, 0.05) is 5.56 Å². The predicted octanol–water partition coefficient (Wildman–Crippen LogP) is 2.00. The van der Waals surface area contributed by atoms with Gasteiger partial charge in [-0.25, -0.2) is 15.8 Å². The lowest BCUT2D eigenvalue weighted by Gasteiger charge is -2.10. The van der Waals surface area contributed by atoms with Crippen molar-refractivity contribution in [1.82, 2.24) is 9.97 Å². The van der Waals surface area contributed by atoms with Gasteiger partial charge in [0.1, 0.15) is 29.3 Å². The minimum Gasteiger partial charge on any atom is -0.308 e. The number of halogens is 1. The Labute approximate surface area is 158 Å². The Balaban J connectivity index is 0.000000460. The van der Waals surface area contributed by atoms with Gasteiger partial charge in [0.25, 0.3) is 0 Å². The van der Waals surface area contributed by atoms with Crippen LogP contribution in [0.25, 0.3) is 0 Å². The van der Waals surface area contributed by atoms with Gasteiger partial charge in [-0.3, -0.25) is 11.7 Å². The second-order valence-corrected chi connectivity index (χ2v) is 5.68. The van der Waals surface area contributed by atoms with Gasteiger partial charge in [-0.1, -0.05) is 0 Å². The summed E-state index contributed by atoms with van der Waals surface area (Å²) in [6.45, 7) is 11.0. The Morgan fingerprint density at radius 3 is 1.56 bits per heavy atom. The highest BCUT2D eigenvalue weighted by Crippen LogP contribution is 2.20. The Morgan fingerprint density at radius 2 is 1.15 bits per heavy atom. The molecule has 2 heterocycles. The molecule has 0 saturated carbocycles. The second kappa shape index (κ2) is 10.8. The molecule has 0 aliphatic carbocycles. The Hall–Kier alpha value is -3.11. The minimum absolute atomic E-state index is 0.176. The summed E-state index contributed by atoms with van der Waals surface area (Å²) in [7, 11) is 0. The van der Waals surface area contributed by atoms with Crippen molar-refractivity contribution in [3.05, 3.63) is 50.7 Å². The van der Waals surface area contributed by atoms with Crippen LogP contribution in [0.2, 0.25) is 0 Å². The van der Waals surface area contributed by atoms with Crippen LogP contribution in [0, 0.1) is 70.2 Å². The number of nitrogen functional groups attached to an aromatic ring is 1. The molecule has 27 heavy (non-hydrogen) atoms. The maximum Gasteiger partial charge on any atom is 0.217 e. The molecule has 2 aromatic rings. The summed E-state index contributed by atoms with van der Waals surface area (Å²) >= 11 is 0. The first kappa shape index (κ1) is 23.9. The first-order valence-electron chi connectivity index (χ1n) is 7.90. The zero-order valence-electron chi connectivity index (χ0n) is 16.4. The average Bonchev–Trinajstić information content (AvgIpc) is 2.69. The average molecular weight is 372 g/mol. The van der Waals surface area contributed by atoms with Crippen LogP contribution in [-0.4, -0.2) is 9.97 Å². The van der Waals surface area contributed by atoms with E-state index in [1.807, 2.05) is 32.9 Å². The quantitative estimate of drug-likeness (QED) is 0.335. The summed E-state index contributed by atoms with van der Waals surface area (Å²) < 4.78 is 12.9. The lowest BCUT2D eigenvalue weighted by molar-refractivity contribution is 0.570. The first-order valence-corrected chi connectivity index (χ1v) is 7.90. The largest absolute Gasteiger partial charge is 0.308 e. The molecule has 0 bridgehead atoms. The molecule has 0 fully saturated rings. The second-order valence-electron chi connectivity index (χ2n) is 5.68. The summed E-state index contributed by atoms with van der Waals surface area (Å²) in [5.74, 6) is 13.3. The van der Waals surface area contributed by atoms with Gasteiger partial charge in [0.05, 0.1) is 0 Å². The number of anilines is 1. The van der Waals surface area contributed by atoms with E-state index in [0.29, 0.717) is 17.1 Å². The lowest BCUT2D eigenvalue weighted by Crippen LogP contribution is -2.12. The van der Waals surface area contributed by atoms with Crippen LogP contribution in [0.4, 0.5) is 10.2 Å². The first-order chi connectivity index (χ1) is 12.7. The smallest absolute Gasteiger partial charge is 0.217 e. The molecular formula is C18H25FN8. The molecule has 0 radical (unpaired) electrons. The molecule has 8 nitrogen and oxygen atoms in total. The number of aromatic nitrogens is 2. The van der Waals surface area contributed by atoms with E-state index in [1.165, 1.54) is 0 Å². The molecule has 0 amide bonds. The van der Waals surface area contributed by atoms with Gasteiger partial charge >= 0.3 is 0 Å². The normalized spacial score (nSPS) is 9.04. The van der Waals surface area contributed by atoms with Crippen molar-refractivity contribution in [3.63, 3.8) is 0 Å². The fraction of sp³-hybridized carbons (Fsp3) is 0.333. The molecular weight excluding hydrogens is 347 g/mol. The number of nitrogens with one attached hydrogen (secondary N) is 1. The molecule has 0 aromatic carbocycles. The van der Waals surface area contributed by atoms with E-state index in [1.54, 1.807) is 20.8 Å². The van der Waals surface area contributed by atoms with Crippen LogP contribution in [0.5, 0.6) is 0 Å². The number of nitriles is 2. The van der Waals surface area contributed by atoms with Crippen LogP contribution in [0.15, 0.2) is 0 Å². The van der Waals surface area contributed by atoms with Crippen molar-refractivity contribution < 1.29 is 4.39 Å². The van der Waals surface area contributed by atoms with Crippen LogP contribution in [0.1, 0.15) is 44.8 Å². The monoisotopic (exact) mass is 372 g/mol. The van der Waals surface area contributed by atoms with Gasteiger partial charge in [-0.05, 0) is 69.4 Å². The molecule has 0 aliphatic heterocycles. The summed E-state index contributed by atoms with van der Waals surface area (Å²) in [5.41, 5.74) is 8.12. The Morgan fingerprint density at radius 1 is 0.741 bits per heavy atom. The van der Waals surface area contributed by atoms with E-state index in [-0.39, 0.29) is 5.69 Å². The van der Waals surface area contributed by atoms with Crippen molar-refractivity contribution >= 4 is 5.82 Å². The number of hydrogen-bond acceptors (Lipinski definition) is 8.